The highest BCUT2D eigenvalue weighted by atomic mass is 32.2. The van der Waals surface area contributed by atoms with Crippen LogP contribution in [0.1, 0.15) is 33.5 Å². The van der Waals surface area contributed by atoms with Crippen molar-refractivity contribution in [3.05, 3.63) is 101 Å². The van der Waals surface area contributed by atoms with Crippen LogP contribution in [0.15, 0.2) is 88.9 Å². The van der Waals surface area contributed by atoms with Crippen LogP contribution in [0.3, 0.4) is 0 Å². The van der Waals surface area contributed by atoms with Gasteiger partial charge in [0.2, 0.25) is 0 Å². The van der Waals surface area contributed by atoms with Gasteiger partial charge in [-0.05, 0) is 31.2 Å². The van der Waals surface area contributed by atoms with Gasteiger partial charge in [-0.25, -0.2) is 4.79 Å². The summed E-state index contributed by atoms with van der Waals surface area (Å²) in [5, 5.41) is 3.91. The van der Waals surface area contributed by atoms with Crippen molar-refractivity contribution >= 4 is 21.7 Å². The summed E-state index contributed by atoms with van der Waals surface area (Å²) in [5.41, 5.74) is 0.362. The smallest absolute Gasteiger partial charge is 0.460 e. The molecule has 0 atom stereocenters. The van der Waals surface area contributed by atoms with E-state index in [2.05, 4.69) is 9.84 Å². The molecule has 0 aliphatic heterocycles. The van der Waals surface area contributed by atoms with Crippen LogP contribution in [0.5, 0.6) is 0 Å². The van der Waals surface area contributed by atoms with Crippen LogP contribution in [0.2, 0.25) is 0 Å². The summed E-state index contributed by atoms with van der Waals surface area (Å²) < 4.78 is 259. The van der Waals surface area contributed by atoms with Crippen molar-refractivity contribution in [1.29, 1.82) is 0 Å². The van der Waals surface area contributed by atoms with E-state index in [0.717, 1.165) is 29.8 Å². The lowest BCUT2D eigenvalue weighted by atomic mass is 9.88. The zero-order chi connectivity index (χ0) is 42.3. The fraction of sp³-hybridized carbons (Fsp3) is 0.355. The first-order valence-corrected chi connectivity index (χ1v) is 16.0. The molecule has 0 spiro atoms. The average Bonchev–Trinajstić information content (AvgIpc) is 3.08. The van der Waals surface area contributed by atoms with E-state index in [1.165, 1.54) is 48.5 Å². The molecule has 3 aromatic carbocycles. The molecule has 6 nitrogen and oxygen atoms in total. The Morgan fingerprint density at radius 3 is 1.47 bits per heavy atom. The maximum Gasteiger partial charge on any atom is 0.460 e. The van der Waals surface area contributed by atoms with Crippen molar-refractivity contribution in [3.63, 3.8) is 0 Å². The predicted octanol–water partition coefficient (Wildman–Crippen LogP) is 9.28. The molecule has 304 valence electrons. The van der Waals surface area contributed by atoms with Gasteiger partial charge >= 0.3 is 53.6 Å². The fourth-order valence-corrected chi connectivity index (χ4v) is 5.05. The van der Waals surface area contributed by atoms with E-state index in [0.29, 0.717) is 0 Å². The van der Waals surface area contributed by atoms with Gasteiger partial charge < -0.3 is 4.74 Å². The number of ether oxygens (including phenoxy) is 1. The molecule has 0 saturated carbocycles. The van der Waals surface area contributed by atoms with Crippen molar-refractivity contribution < 1.29 is 92.6 Å². The maximum absolute atomic E-state index is 14.2. The van der Waals surface area contributed by atoms with Crippen LogP contribution >= 0.6 is 0 Å². The molecular formula is C31H21F17N2O4S. The number of aryl methyl sites for hydroxylation is 1. The number of hydrogen-bond acceptors (Lipinski definition) is 5. The normalized spacial score (nSPS) is 14.5. The molecule has 0 aliphatic carbocycles. The molecule has 0 saturated heterocycles. The Kier molecular flexibility index (Phi) is 12.0. The van der Waals surface area contributed by atoms with Crippen LogP contribution in [0.4, 0.5) is 74.6 Å². The van der Waals surface area contributed by atoms with E-state index in [1.807, 2.05) is 4.83 Å². The zero-order valence-corrected chi connectivity index (χ0v) is 27.7. The average molecular weight is 841 g/mol. The first kappa shape index (κ1) is 44.8. The van der Waals surface area contributed by atoms with Gasteiger partial charge in [0, 0.05) is 11.1 Å². The third-order valence-electron chi connectivity index (χ3n) is 7.49. The second-order valence-corrected chi connectivity index (χ2v) is 13.0. The summed E-state index contributed by atoms with van der Waals surface area (Å²) in [5.74, 6) is -59.2. The number of carbonyl (C=O) groups is 1. The maximum atomic E-state index is 14.2. The van der Waals surface area contributed by atoms with Gasteiger partial charge in [-0.3, -0.25) is 0 Å². The topological polar surface area (TPSA) is 84.8 Å². The largest absolute Gasteiger partial charge is 0.462 e. The molecule has 0 bridgehead atoms. The van der Waals surface area contributed by atoms with Crippen molar-refractivity contribution in [1.82, 2.24) is 4.83 Å². The lowest BCUT2D eigenvalue weighted by Crippen LogP contribution is -2.74. The van der Waals surface area contributed by atoms with Crippen LogP contribution in [0, 0.1) is 6.92 Å². The van der Waals surface area contributed by atoms with Gasteiger partial charge in [-0.15, -0.1) is 0 Å². The Hall–Kier alpha value is -4.64. The molecule has 0 heterocycles. The second kappa shape index (κ2) is 14.8. The number of nitrogens with zero attached hydrogens (tertiary/aromatic N) is 1. The number of benzene rings is 3. The highest BCUT2D eigenvalue weighted by molar-refractivity contribution is 7.89. The fourth-order valence-electron chi connectivity index (χ4n) is 4.24. The summed E-state index contributed by atoms with van der Waals surface area (Å²) in [7, 11) is -4.24. The van der Waals surface area contributed by atoms with Crippen molar-refractivity contribution in [2.45, 2.75) is 65.9 Å². The quantitative estimate of drug-likeness (QED) is 0.0716. The number of halogens is 17. The number of esters is 1. The SMILES string of the molecule is Cc1ccc(S(=O)(=O)N/N=C(\c2ccccc2)c2ccc(C(=O)OCCC(F)(F)C(F)(F)C(F)(F)C(F)(F)C(F)(F)C(F)(F)C(F)(F)C(F)(F)F)cc2)cc1. The number of nitrogens with one attached hydrogen (secondary N) is 1. The summed E-state index contributed by atoms with van der Waals surface area (Å²) in [6, 6.07) is 16.9. The molecule has 0 amide bonds. The molecule has 24 heteroatoms. The minimum Gasteiger partial charge on any atom is -0.462 e. The molecule has 0 fully saturated rings. The number of carbonyl (C=O) groups excluding carboxylic acids is 1. The van der Waals surface area contributed by atoms with Gasteiger partial charge in [0.1, 0.15) is 0 Å². The third-order valence-corrected chi connectivity index (χ3v) is 8.71. The van der Waals surface area contributed by atoms with Crippen molar-refractivity contribution in [2.75, 3.05) is 6.61 Å². The highest BCUT2D eigenvalue weighted by Gasteiger charge is 2.95. The van der Waals surface area contributed by atoms with Gasteiger partial charge in [0.15, 0.2) is 0 Å². The molecule has 3 rings (SSSR count). The number of sulfonamides is 1. The Morgan fingerprint density at radius 1 is 0.582 bits per heavy atom. The molecular weight excluding hydrogens is 819 g/mol. The van der Waals surface area contributed by atoms with Crippen molar-refractivity contribution in [2.24, 2.45) is 5.10 Å². The summed E-state index contributed by atoms with van der Waals surface area (Å²) in [6.45, 7) is -0.429. The van der Waals surface area contributed by atoms with E-state index in [-0.39, 0.29) is 21.7 Å². The number of hydrogen-bond donors (Lipinski definition) is 1. The second-order valence-electron chi connectivity index (χ2n) is 11.3. The third kappa shape index (κ3) is 8.04. The summed E-state index contributed by atoms with van der Waals surface area (Å²) in [6.07, 6.45) is -10.8. The number of alkyl halides is 17. The van der Waals surface area contributed by atoms with E-state index >= 15 is 0 Å². The number of rotatable bonds is 15. The summed E-state index contributed by atoms with van der Waals surface area (Å²) >= 11 is 0. The highest BCUT2D eigenvalue weighted by Crippen LogP contribution is 2.64. The molecule has 0 radical (unpaired) electrons. The monoisotopic (exact) mass is 840 g/mol. The van der Waals surface area contributed by atoms with Crippen LogP contribution < -0.4 is 4.83 Å². The standard InChI is InChI=1S/C31H21F17N2O4S/c1-17-7-13-21(14-8-17)55(52,53)50-49-22(18-5-3-2-4-6-18)19-9-11-20(12-10-19)23(51)54-16-15-24(32,33)25(34,35)26(36,37)27(38,39)28(40,41)29(42,43)30(44,45)31(46,47)48/h2-14,50H,15-16H2,1H3/b49-22+. The number of hydrazone groups is 1. The molecule has 3 aromatic rings. The Labute approximate surface area is 298 Å². The van der Waals surface area contributed by atoms with E-state index in [1.54, 1.807) is 13.0 Å². The zero-order valence-electron chi connectivity index (χ0n) is 26.8. The van der Waals surface area contributed by atoms with E-state index < -0.39 is 82.2 Å². The van der Waals surface area contributed by atoms with Gasteiger partial charge in [0.25, 0.3) is 10.0 Å². The molecule has 55 heavy (non-hydrogen) atoms. The Balaban J connectivity index is 1.81. The van der Waals surface area contributed by atoms with Gasteiger partial charge in [-0.2, -0.15) is 93.0 Å². The summed E-state index contributed by atoms with van der Waals surface area (Å²) in [4.78, 5) is 14.2. The van der Waals surface area contributed by atoms with Crippen molar-refractivity contribution in [3.8, 4) is 0 Å². The van der Waals surface area contributed by atoms with E-state index in [9.17, 15) is 87.8 Å². The predicted molar refractivity (Wildman–Crippen MR) is 156 cm³/mol. The minimum absolute atomic E-state index is 0.0547. The lowest BCUT2D eigenvalue weighted by Gasteiger charge is -2.42. The molecule has 0 aromatic heterocycles. The van der Waals surface area contributed by atoms with E-state index in [4.69, 9.17) is 0 Å². The van der Waals surface area contributed by atoms with Crippen LogP contribution in [-0.4, -0.2) is 74.3 Å². The van der Waals surface area contributed by atoms with Crippen LogP contribution in [0.25, 0.3) is 0 Å². The van der Waals surface area contributed by atoms with Gasteiger partial charge in [-0.1, -0.05) is 60.2 Å². The minimum atomic E-state index is -8.75. The Bertz CT molecular complexity index is 1970. The first-order chi connectivity index (χ1) is 24.8. The Morgan fingerprint density at radius 2 is 1.00 bits per heavy atom. The lowest BCUT2D eigenvalue weighted by molar-refractivity contribution is -0.461. The molecule has 0 aliphatic rings. The molecule has 0 unspecified atom stereocenters. The first-order valence-electron chi connectivity index (χ1n) is 14.5. The molecule has 1 N–H and O–H groups in total. The van der Waals surface area contributed by atoms with Gasteiger partial charge in [0.05, 0.1) is 29.2 Å². The van der Waals surface area contributed by atoms with Crippen LogP contribution in [-0.2, 0) is 14.8 Å².